The second-order valence-corrected chi connectivity index (χ2v) is 7.10. The van der Waals surface area contributed by atoms with E-state index in [1.807, 2.05) is 36.4 Å². The molecular formula is C26H15FO5. The molecule has 0 aliphatic carbocycles. The van der Waals surface area contributed by atoms with Gasteiger partial charge in [0.15, 0.2) is 0 Å². The lowest BCUT2D eigenvalue weighted by atomic mass is 10.1. The van der Waals surface area contributed by atoms with Crippen molar-refractivity contribution < 1.29 is 23.1 Å². The molecule has 0 N–H and O–H groups in total. The summed E-state index contributed by atoms with van der Waals surface area (Å²) in [6.07, 6.45) is 1.22. The Hall–Kier alpha value is -4.45. The van der Waals surface area contributed by atoms with E-state index in [-0.39, 0.29) is 33.5 Å². The topological polar surface area (TPSA) is 65.7 Å². The van der Waals surface area contributed by atoms with Crippen molar-refractivity contribution in [2.75, 3.05) is 0 Å². The number of carbonyl (C=O) groups excluding carboxylic acids is 1. The molecule has 0 amide bonds. The predicted molar refractivity (Wildman–Crippen MR) is 118 cm³/mol. The van der Waals surface area contributed by atoms with E-state index < -0.39 is 11.8 Å². The van der Waals surface area contributed by atoms with E-state index in [9.17, 15) is 14.0 Å². The van der Waals surface area contributed by atoms with Gasteiger partial charge in [-0.15, -0.1) is 0 Å². The minimum Gasteiger partial charge on any atom is -0.460 e. The average Bonchev–Trinajstić information content (AvgIpc) is 2.81. The number of benzene rings is 4. The fraction of sp³-hybridized carbons (Fsp3) is 0. The molecule has 0 aliphatic heterocycles. The molecule has 156 valence electrons. The third-order valence-electron chi connectivity index (χ3n) is 4.93. The summed E-state index contributed by atoms with van der Waals surface area (Å²) in [5.41, 5.74) is -0.0569. The Labute approximate surface area is 181 Å². The van der Waals surface area contributed by atoms with Crippen molar-refractivity contribution in [3.8, 4) is 17.2 Å². The number of rotatable bonds is 4. The Bertz CT molecular complexity index is 1540. The van der Waals surface area contributed by atoms with Gasteiger partial charge in [0.2, 0.25) is 11.2 Å². The summed E-state index contributed by atoms with van der Waals surface area (Å²) in [5, 5.41) is 2.32. The van der Waals surface area contributed by atoms with E-state index in [2.05, 4.69) is 0 Å². The smallest absolute Gasteiger partial charge is 0.343 e. The van der Waals surface area contributed by atoms with E-state index in [1.165, 1.54) is 42.7 Å². The maximum absolute atomic E-state index is 13.3. The highest BCUT2D eigenvalue weighted by Gasteiger charge is 2.13. The monoisotopic (exact) mass is 426 g/mol. The van der Waals surface area contributed by atoms with Crippen LogP contribution in [0.1, 0.15) is 10.4 Å². The lowest BCUT2D eigenvalue weighted by molar-refractivity contribution is 0.0734. The number of hydrogen-bond acceptors (Lipinski definition) is 5. The summed E-state index contributed by atoms with van der Waals surface area (Å²) in [6, 6.07) is 22.9. The van der Waals surface area contributed by atoms with Crippen molar-refractivity contribution in [2.45, 2.75) is 0 Å². The zero-order valence-corrected chi connectivity index (χ0v) is 16.6. The van der Waals surface area contributed by atoms with Gasteiger partial charge in [-0.25, -0.2) is 9.18 Å². The lowest BCUT2D eigenvalue weighted by Gasteiger charge is -2.08. The largest absolute Gasteiger partial charge is 0.460 e. The minimum absolute atomic E-state index is 0.0392. The second-order valence-electron chi connectivity index (χ2n) is 7.10. The SMILES string of the molecule is O=C(Oc1ccc2c(=O)c(Oc3ccc4ccccc4c3)coc2c1)c1cccc(F)c1. The first-order chi connectivity index (χ1) is 15.6. The van der Waals surface area contributed by atoms with Crippen LogP contribution in [0.25, 0.3) is 21.7 Å². The third kappa shape index (κ3) is 3.81. The van der Waals surface area contributed by atoms with Gasteiger partial charge in [-0.1, -0.05) is 36.4 Å². The zero-order chi connectivity index (χ0) is 22.1. The van der Waals surface area contributed by atoms with Gasteiger partial charge in [0, 0.05) is 6.07 Å². The summed E-state index contributed by atoms with van der Waals surface area (Å²) >= 11 is 0. The second kappa shape index (κ2) is 8.00. The number of halogens is 1. The summed E-state index contributed by atoms with van der Waals surface area (Å²) in [7, 11) is 0. The average molecular weight is 426 g/mol. The van der Waals surface area contributed by atoms with E-state index >= 15 is 0 Å². The van der Waals surface area contributed by atoms with Crippen LogP contribution in [-0.4, -0.2) is 5.97 Å². The van der Waals surface area contributed by atoms with Gasteiger partial charge in [0.05, 0.1) is 10.9 Å². The summed E-state index contributed by atoms with van der Waals surface area (Å²) in [6.45, 7) is 0. The predicted octanol–water partition coefficient (Wildman–Crippen LogP) is 6.10. The number of fused-ring (bicyclic) bond motifs is 2. The van der Waals surface area contributed by atoms with Crippen LogP contribution in [0, 0.1) is 5.82 Å². The molecule has 0 radical (unpaired) electrons. The molecule has 0 atom stereocenters. The molecule has 6 heteroatoms. The molecule has 0 saturated carbocycles. The third-order valence-corrected chi connectivity index (χ3v) is 4.93. The molecule has 0 fully saturated rings. The normalized spacial score (nSPS) is 10.9. The zero-order valence-electron chi connectivity index (χ0n) is 16.6. The van der Waals surface area contributed by atoms with E-state index in [1.54, 1.807) is 6.07 Å². The maximum Gasteiger partial charge on any atom is 0.343 e. The fourth-order valence-electron chi connectivity index (χ4n) is 3.36. The highest BCUT2D eigenvalue weighted by atomic mass is 19.1. The Kier molecular flexibility index (Phi) is 4.88. The number of carbonyl (C=O) groups is 1. The highest BCUT2D eigenvalue weighted by Crippen LogP contribution is 2.27. The van der Waals surface area contributed by atoms with Crippen LogP contribution in [0.4, 0.5) is 4.39 Å². The first-order valence-electron chi connectivity index (χ1n) is 9.77. The number of esters is 1. The van der Waals surface area contributed by atoms with Gasteiger partial charge in [-0.3, -0.25) is 4.79 Å². The molecule has 5 rings (SSSR count). The standard InChI is InChI=1S/C26H15FO5/c27-19-7-3-6-18(12-19)26(29)32-21-10-11-22-23(14-21)30-15-24(25(22)28)31-20-9-8-16-4-1-2-5-17(16)13-20/h1-15H. The Balaban J connectivity index is 1.41. The van der Waals surface area contributed by atoms with Gasteiger partial charge in [-0.2, -0.15) is 0 Å². The maximum atomic E-state index is 13.3. The molecule has 32 heavy (non-hydrogen) atoms. The molecule has 5 aromatic rings. The van der Waals surface area contributed by atoms with Gasteiger partial charge in [-0.05, 0) is 53.2 Å². The van der Waals surface area contributed by atoms with Gasteiger partial charge in [0.25, 0.3) is 0 Å². The van der Waals surface area contributed by atoms with Crippen molar-refractivity contribution in [3.05, 3.63) is 113 Å². The molecule has 0 spiro atoms. The lowest BCUT2D eigenvalue weighted by Crippen LogP contribution is -2.09. The molecule has 4 aromatic carbocycles. The van der Waals surface area contributed by atoms with E-state index in [4.69, 9.17) is 13.9 Å². The van der Waals surface area contributed by atoms with Crippen molar-refractivity contribution in [2.24, 2.45) is 0 Å². The van der Waals surface area contributed by atoms with Crippen molar-refractivity contribution in [3.63, 3.8) is 0 Å². The van der Waals surface area contributed by atoms with Crippen LogP contribution >= 0.6 is 0 Å². The summed E-state index contributed by atoms with van der Waals surface area (Å²) < 4.78 is 29.9. The molecule has 1 heterocycles. The number of ether oxygens (including phenoxy) is 2. The molecule has 1 aromatic heterocycles. The molecule has 0 saturated heterocycles. The number of hydrogen-bond donors (Lipinski definition) is 0. The molecule has 0 aliphatic rings. The van der Waals surface area contributed by atoms with E-state index in [0.29, 0.717) is 5.75 Å². The van der Waals surface area contributed by atoms with Crippen molar-refractivity contribution in [1.29, 1.82) is 0 Å². The van der Waals surface area contributed by atoms with Crippen molar-refractivity contribution >= 4 is 27.7 Å². The van der Waals surface area contributed by atoms with Crippen LogP contribution in [0.3, 0.4) is 0 Å². The van der Waals surface area contributed by atoms with Gasteiger partial charge >= 0.3 is 5.97 Å². The Morgan fingerprint density at radius 2 is 1.62 bits per heavy atom. The fourth-order valence-corrected chi connectivity index (χ4v) is 3.36. The van der Waals surface area contributed by atoms with Gasteiger partial charge < -0.3 is 13.9 Å². The Morgan fingerprint density at radius 1 is 0.812 bits per heavy atom. The van der Waals surface area contributed by atoms with Crippen LogP contribution in [-0.2, 0) is 0 Å². The van der Waals surface area contributed by atoms with Gasteiger partial charge in [0.1, 0.15) is 29.2 Å². The highest BCUT2D eigenvalue weighted by molar-refractivity contribution is 5.91. The molecular weight excluding hydrogens is 411 g/mol. The summed E-state index contributed by atoms with van der Waals surface area (Å²) in [4.78, 5) is 25.1. The minimum atomic E-state index is -0.720. The summed E-state index contributed by atoms with van der Waals surface area (Å²) in [5.74, 6) is -0.545. The molecule has 0 unspecified atom stereocenters. The first kappa shape index (κ1) is 19.5. The molecule has 0 bridgehead atoms. The van der Waals surface area contributed by atoms with E-state index in [0.717, 1.165) is 16.8 Å². The molecule has 5 nitrogen and oxygen atoms in total. The van der Waals surface area contributed by atoms with Crippen LogP contribution < -0.4 is 14.9 Å². The first-order valence-corrected chi connectivity index (χ1v) is 9.77. The van der Waals surface area contributed by atoms with Crippen LogP contribution in [0.15, 0.2) is 100 Å². The quantitative estimate of drug-likeness (QED) is 0.257. The Morgan fingerprint density at radius 3 is 2.47 bits per heavy atom. The van der Waals surface area contributed by atoms with Crippen LogP contribution in [0.2, 0.25) is 0 Å². The van der Waals surface area contributed by atoms with Crippen molar-refractivity contribution in [1.82, 2.24) is 0 Å². The van der Waals surface area contributed by atoms with Crippen LogP contribution in [0.5, 0.6) is 17.2 Å².